The van der Waals surface area contributed by atoms with Crippen LogP contribution in [0.3, 0.4) is 0 Å². The third-order valence-electron chi connectivity index (χ3n) is 4.59. The first kappa shape index (κ1) is 24.2. The molecule has 7 heteroatoms. The van der Waals surface area contributed by atoms with Gasteiger partial charge in [0.05, 0.1) is 0 Å². The van der Waals surface area contributed by atoms with Gasteiger partial charge in [0.15, 0.2) is 17.5 Å². The fraction of sp³-hybridized carbons (Fsp3) is 0.500. The van der Waals surface area contributed by atoms with Gasteiger partial charge in [-0.25, -0.2) is 4.79 Å². The summed E-state index contributed by atoms with van der Waals surface area (Å²) in [4.78, 5) is 50.9. The minimum Gasteiger partial charge on any atom is -0.463 e. The number of carbonyl (C=O) groups excluding carboxylic acids is 3. The second-order valence-corrected chi connectivity index (χ2v) is 7.21. The van der Waals surface area contributed by atoms with Gasteiger partial charge in [0.2, 0.25) is 0 Å². The number of carbonyl (C=O) groups is 4. The van der Waals surface area contributed by atoms with E-state index in [2.05, 4.69) is 11.9 Å². The van der Waals surface area contributed by atoms with Crippen LogP contribution in [0.1, 0.15) is 59.8 Å². The normalized spacial score (nSPS) is 19.2. The number of ketones is 2. The SMILES string of the molecule is CCC/C(C)=C/C=C(\C)C(=O)[C@@H]1C(=O)C=C([C@H](C)CCC/C=N/C(=O)O)OC1=O. The minimum atomic E-state index is -1.45. The van der Waals surface area contributed by atoms with Crippen molar-refractivity contribution in [1.29, 1.82) is 0 Å². The number of hydrogen-bond acceptors (Lipinski definition) is 5. The number of carboxylic acid groups (broad SMARTS) is 1. The molecule has 158 valence electrons. The van der Waals surface area contributed by atoms with Gasteiger partial charge in [-0.15, -0.1) is 0 Å². The molecule has 29 heavy (non-hydrogen) atoms. The lowest BCUT2D eigenvalue weighted by Gasteiger charge is -2.23. The molecular weight excluding hydrogens is 374 g/mol. The van der Waals surface area contributed by atoms with Gasteiger partial charge in [-0.2, -0.15) is 4.99 Å². The second kappa shape index (κ2) is 11.9. The average molecular weight is 403 g/mol. The molecular formula is C22H29NO6. The molecule has 1 aliphatic rings. The molecule has 0 aromatic heterocycles. The van der Waals surface area contributed by atoms with Gasteiger partial charge >= 0.3 is 12.1 Å². The van der Waals surface area contributed by atoms with Crippen LogP contribution in [0.15, 0.2) is 40.1 Å². The van der Waals surface area contributed by atoms with Crippen LogP contribution in [-0.4, -0.2) is 35.0 Å². The van der Waals surface area contributed by atoms with Crippen LogP contribution < -0.4 is 0 Å². The minimum absolute atomic E-state index is 0.214. The van der Waals surface area contributed by atoms with Gasteiger partial charge in [-0.1, -0.05) is 38.0 Å². The Kier molecular flexibility index (Phi) is 9.92. The van der Waals surface area contributed by atoms with E-state index in [4.69, 9.17) is 9.84 Å². The van der Waals surface area contributed by atoms with Crippen LogP contribution in [0.4, 0.5) is 4.79 Å². The molecule has 0 aliphatic carbocycles. The number of hydrogen-bond donors (Lipinski definition) is 1. The summed E-state index contributed by atoms with van der Waals surface area (Å²) in [6, 6.07) is 0. The van der Waals surface area contributed by atoms with Crippen molar-refractivity contribution < 1.29 is 29.0 Å². The number of aliphatic imine (C=N–C) groups is 1. The Morgan fingerprint density at radius 3 is 2.55 bits per heavy atom. The molecule has 0 radical (unpaired) electrons. The van der Waals surface area contributed by atoms with Gasteiger partial charge in [-0.3, -0.25) is 14.4 Å². The Hall–Kier alpha value is -2.83. The van der Waals surface area contributed by atoms with Crippen LogP contribution in [0.5, 0.6) is 0 Å². The van der Waals surface area contributed by atoms with E-state index in [1.165, 1.54) is 12.3 Å². The largest absolute Gasteiger partial charge is 0.463 e. The molecule has 0 saturated heterocycles. The topological polar surface area (TPSA) is 110 Å². The van der Waals surface area contributed by atoms with Gasteiger partial charge < -0.3 is 9.84 Å². The van der Waals surface area contributed by atoms with E-state index in [9.17, 15) is 19.2 Å². The predicted octanol–water partition coefficient (Wildman–Crippen LogP) is 4.43. The number of rotatable bonds is 10. The zero-order chi connectivity index (χ0) is 22.0. The first-order valence-corrected chi connectivity index (χ1v) is 9.78. The molecule has 1 N–H and O–H groups in total. The third-order valence-corrected chi connectivity index (χ3v) is 4.59. The highest BCUT2D eigenvalue weighted by molar-refractivity contribution is 6.26. The highest BCUT2D eigenvalue weighted by Gasteiger charge is 2.39. The number of allylic oxidation sites excluding steroid dienone is 6. The molecule has 7 nitrogen and oxygen atoms in total. The summed E-state index contributed by atoms with van der Waals surface area (Å²) < 4.78 is 5.27. The first-order valence-electron chi connectivity index (χ1n) is 9.78. The van der Waals surface area contributed by atoms with Crippen molar-refractivity contribution in [3.8, 4) is 0 Å². The molecule has 0 aromatic carbocycles. The van der Waals surface area contributed by atoms with Crippen LogP contribution in [0, 0.1) is 11.8 Å². The number of nitrogens with zero attached hydrogens (tertiary/aromatic N) is 1. The first-order chi connectivity index (χ1) is 13.7. The van der Waals surface area contributed by atoms with Crippen LogP contribution >= 0.6 is 0 Å². The number of ether oxygens (including phenoxy) is 1. The number of amides is 1. The number of unbranched alkanes of at least 4 members (excludes halogenated alkanes) is 1. The highest BCUT2D eigenvalue weighted by Crippen LogP contribution is 2.26. The Bertz CT molecular complexity index is 772. The van der Waals surface area contributed by atoms with Crippen molar-refractivity contribution in [2.75, 3.05) is 0 Å². The standard InChI is InChI=1S/C22H29NO6/c1-5-8-14(2)10-11-16(4)20(25)19-17(24)13-18(29-21(19)26)15(3)9-6-7-12-23-22(27)28/h10-13,15,19H,5-9H2,1-4H3,(H,27,28)/b14-10+,16-11+,23-12+/t15-,19+/m1/s1. The van der Waals surface area contributed by atoms with Crippen molar-refractivity contribution in [2.45, 2.75) is 59.8 Å². The van der Waals surface area contributed by atoms with E-state index in [-0.39, 0.29) is 11.7 Å². The lowest BCUT2D eigenvalue weighted by atomic mass is 9.90. The monoisotopic (exact) mass is 403 g/mol. The van der Waals surface area contributed by atoms with E-state index in [0.29, 0.717) is 24.8 Å². The summed E-state index contributed by atoms with van der Waals surface area (Å²) >= 11 is 0. The maximum Gasteiger partial charge on any atom is 0.430 e. The summed E-state index contributed by atoms with van der Waals surface area (Å²) in [5, 5.41) is 8.44. The van der Waals surface area contributed by atoms with Crippen molar-refractivity contribution in [2.24, 2.45) is 16.8 Å². The Balaban J connectivity index is 2.76. The zero-order valence-corrected chi connectivity index (χ0v) is 17.4. The Morgan fingerprint density at radius 2 is 1.97 bits per heavy atom. The fourth-order valence-electron chi connectivity index (χ4n) is 2.88. The average Bonchev–Trinajstić information content (AvgIpc) is 2.64. The van der Waals surface area contributed by atoms with E-state index in [0.717, 1.165) is 18.4 Å². The second-order valence-electron chi connectivity index (χ2n) is 7.21. The molecule has 0 fully saturated rings. The molecule has 0 aromatic rings. The fourth-order valence-corrected chi connectivity index (χ4v) is 2.88. The summed E-state index contributed by atoms with van der Waals surface area (Å²) in [5.74, 6) is -3.40. The van der Waals surface area contributed by atoms with Gasteiger partial charge in [-0.05, 0) is 45.1 Å². The molecule has 1 rings (SSSR count). The summed E-state index contributed by atoms with van der Waals surface area (Å²) in [7, 11) is 0. The van der Waals surface area contributed by atoms with Gasteiger partial charge in [0.25, 0.3) is 0 Å². The summed E-state index contributed by atoms with van der Waals surface area (Å²) in [6.45, 7) is 7.40. The van der Waals surface area contributed by atoms with E-state index in [1.807, 2.05) is 13.0 Å². The quantitative estimate of drug-likeness (QED) is 0.144. The van der Waals surface area contributed by atoms with E-state index >= 15 is 0 Å². The van der Waals surface area contributed by atoms with Crippen LogP contribution in [0.2, 0.25) is 0 Å². The van der Waals surface area contributed by atoms with Crippen LogP contribution in [-0.2, 0) is 19.1 Å². The summed E-state index contributed by atoms with van der Waals surface area (Å²) in [5.41, 5.74) is 1.44. The molecule has 0 unspecified atom stereocenters. The predicted molar refractivity (Wildman–Crippen MR) is 110 cm³/mol. The van der Waals surface area contributed by atoms with E-state index in [1.54, 1.807) is 19.9 Å². The van der Waals surface area contributed by atoms with Crippen molar-refractivity contribution in [3.05, 3.63) is 35.1 Å². The molecule has 0 spiro atoms. The number of Topliss-reactive ketones (excluding diaryl/α,β-unsaturated/α-hetero) is 1. The lowest BCUT2D eigenvalue weighted by Crippen LogP contribution is -2.37. The lowest BCUT2D eigenvalue weighted by molar-refractivity contribution is -0.152. The van der Waals surface area contributed by atoms with E-state index < -0.39 is 29.5 Å². The van der Waals surface area contributed by atoms with Gasteiger partial charge in [0, 0.05) is 18.2 Å². The zero-order valence-electron chi connectivity index (χ0n) is 17.4. The molecule has 2 atom stereocenters. The molecule has 1 aliphatic heterocycles. The summed E-state index contributed by atoms with van der Waals surface area (Å²) in [6.07, 6.45) is 8.31. The Morgan fingerprint density at radius 1 is 1.28 bits per heavy atom. The molecule has 1 amide bonds. The number of cyclic esters (lactones) is 1. The van der Waals surface area contributed by atoms with Crippen molar-refractivity contribution >= 4 is 29.8 Å². The van der Waals surface area contributed by atoms with Crippen molar-refractivity contribution in [3.63, 3.8) is 0 Å². The number of esters is 1. The van der Waals surface area contributed by atoms with Crippen molar-refractivity contribution in [1.82, 2.24) is 0 Å². The maximum absolute atomic E-state index is 12.6. The molecule has 1 heterocycles. The third kappa shape index (κ3) is 7.97. The molecule has 0 bridgehead atoms. The smallest absolute Gasteiger partial charge is 0.430 e. The van der Waals surface area contributed by atoms with Crippen LogP contribution in [0.25, 0.3) is 0 Å². The maximum atomic E-state index is 12.6. The van der Waals surface area contributed by atoms with Gasteiger partial charge in [0.1, 0.15) is 5.76 Å². The Labute approximate surface area is 171 Å². The molecule has 0 saturated carbocycles. The highest BCUT2D eigenvalue weighted by atomic mass is 16.5.